The van der Waals surface area contributed by atoms with Crippen LogP contribution in [0.2, 0.25) is 0 Å². The maximum absolute atomic E-state index is 12.7. The summed E-state index contributed by atoms with van der Waals surface area (Å²) in [5, 5.41) is 0. The van der Waals surface area contributed by atoms with Crippen LogP contribution in [0.5, 0.6) is 11.5 Å². The van der Waals surface area contributed by atoms with Crippen LogP contribution in [0.15, 0.2) is 170 Å². The Bertz CT molecular complexity index is 1660. The van der Waals surface area contributed by atoms with Gasteiger partial charge in [0, 0.05) is 0 Å². The van der Waals surface area contributed by atoms with Gasteiger partial charge in [-0.25, -0.2) is 9.59 Å². The third-order valence-corrected chi connectivity index (χ3v) is 7.43. The molecule has 0 aromatic heterocycles. The first-order valence-corrected chi connectivity index (χ1v) is 14.0. The first kappa shape index (κ1) is 27.4. The average Bonchev–Trinajstić information content (AvgIpc) is 3.08. The highest BCUT2D eigenvalue weighted by Gasteiger charge is 2.38. The van der Waals surface area contributed by atoms with Crippen LogP contribution in [-0.4, -0.2) is 11.9 Å². The van der Waals surface area contributed by atoms with Gasteiger partial charge in [0.05, 0.1) is 16.5 Å². The first-order chi connectivity index (χ1) is 21.1. The maximum Gasteiger partial charge on any atom is 0.343 e. The molecule has 0 aliphatic carbocycles. The number of esters is 2. The van der Waals surface area contributed by atoms with Crippen molar-refractivity contribution in [1.29, 1.82) is 0 Å². The van der Waals surface area contributed by atoms with Gasteiger partial charge in [-0.3, -0.25) is 0 Å². The van der Waals surface area contributed by atoms with Gasteiger partial charge in [-0.1, -0.05) is 121 Å². The molecule has 0 saturated carbocycles. The summed E-state index contributed by atoms with van der Waals surface area (Å²) in [5.74, 6) is 0.0874. The van der Waals surface area contributed by atoms with E-state index < -0.39 is 17.4 Å². The van der Waals surface area contributed by atoms with Gasteiger partial charge in [0.2, 0.25) is 0 Å². The summed E-state index contributed by atoms with van der Waals surface area (Å²) in [4.78, 5) is 25.4. The second-order valence-corrected chi connectivity index (χ2v) is 10.0. The molecule has 0 amide bonds. The number of carbonyl (C=O) groups excluding carboxylic acids is 2. The Morgan fingerprint density at radius 2 is 0.628 bits per heavy atom. The van der Waals surface area contributed by atoms with E-state index in [2.05, 4.69) is 24.3 Å². The van der Waals surface area contributed by atoms with Crippen molar-refractivity contribution in [2.24, 2.45) is 0 Å². The minimum atomic E-state index is -0.716. The van der Waals surface area contributed by atoms with Gasteiger partial charge in [0.1, 0.15) is 11.5 Å². The zero-order valence-corrected chi connectivity index (χ0v) is 23.3. The van der Waals surface area contributed by atoms with Crippen molar-refractivity contribution in [3.05, 3.63) is 203 Å². The molecule has 0 fully saturated rings. The van der Waals surface area contributed by atoms with Crippen molar-refractivity contribution in [3.63, 3.8) is 0 Å². The molecule has 4 heteroatoms. The van der Waals surface area contributed by atoms with Crippen molar-refractivity contribution >= 4 is 11.9 Å². The van der Waals surface area contributed by atoms with Crippen molar-refractivity contribution in [3.8, 4) is 11.5 Å². The molecule has 0 radical (unpaired) electrons. The molecule has 43 heavy (non-hydrogen) atoms. The van der Waals surface area contributed by atoms with E-state index >= 15 is 0 Å². The van der Waals surface area contributed by atoms with Crippen molar-refractivity contribution in [2.45, 2.75) is 5.41 Å². The first-order valence-electron chi connectivity index (χ1n) is 14.0. The van der Waals surface area contributed by atoms with Crippen molar-refractivity contribution < 1.29 is 19.1 Å². The summed E-state index contributed by atoms with van der Waals surface area (Å²) >= 11 is 0. The lowest BCUT2D eigenvalue weighted by atomic mass is 9.65. The third-order valence-electron chi connectivity index (χ3n) is 7.43. The van der Waals surface area contributed by atoms with Crippen LogP contribution in [0.1, 0.15) is 43.0 Å². The van der Waals surface area contributed by atoms with Crippen LogP contribution in [0.25, 0.3) is 0 Å². The largest absolute Gasteiger partial charge is 0.423 e. The van der Waals surface area contributed by atoms with Crippen LogP contribution in [-0.2, 0) is 5.41 Å². The predicted molar refractivity (Wildman–Crippen MR) is 168 cm³/mol. The summed E-state index contributed by atoms with van der Waals surface area (Å²) < 4.78 is 11.4. The number of rotatable bonds is 8. The second kappa shape index (κ2) is 12.4. The van der Waals surface area contributed by atoms with E-state index in [0.29, 0.717) is 22.6 Å². The van der Waals surface area contributed by atoms with E-state index in [4.69, 9.17) is 9.47 Å². The zero-order valence-electron chi connectivity index (χ0n) is 23.3. The van der Waals surface area contributed by atoms with E-state index in [1.165, 1.54) is 0 Å². The fourth-order valence-corrected chi connectivity index (χ4v) is 5.40. The molecule has 0 aliphatic heterocycles. The van der Waals surface area contributed by atoms with Gasteiger partial charge in [0.15, 0.2) is 0 Å². The fraction of sp³-hybridized carbons (Fsp3) is 0.0256. The SMILES string of the molecule is O=C(Oc1ccc(C(c2ccccc2)(c2ccccc2)c2ccc(OC(=O)c3ccccc3)cc2)cc1)c1ccccc1. The number of benzene rings is 6. The lowest BCUT2D eigenvalue weighted by molar-refractivity contribution is 0.0725. The normalized spacial score (nSPS) is 11.0. The number of ether oxygens (including phenoxy) is 2. The van der Waals surface area contributed by atoms with E-state index in [1.54, 1.807) is 24.3 Å². The molecule has 4 nitrogen and oxygen atoms in total. The summed E-state index contributed by atoms with van der Waals surface area (Å²) in [6.07, 6.45) is 0. The van der Waals surface area contributed by atoms with Gasteiger partial charge >= 0.3 is 11.9 Å². The van der Waals surface area contributed by atoms with Gasteiger partial charge in [-0.05, 0) is 70.8 Å². The summed E-state index contributed by atoms with van der Waals surface area (Å²) in [6, 6.07) is 53.7. The van der Waals surface area contributed by atoms with Gasteiger partial charge in [-0.15, -0.1) is 0 Å². The molecular formula is C39H28O4. The molecule has 0 bridgehead atoms. The van der Waals surface area contributed by atoms with Crippen LogP contribution in [0.4, 0.5) is 0 Å². The highest BCUT2D eigenvalue weighted by atomic mass is 16.5. The predicted octanol–water partition coefficient (Wildman–Crippen LogP) is 8.51. The molecule has 0 aliphatic rings. The summed E-state index contributed by atoms with van der Waals surface area (Å²) in [5.41, 5.74) is 4.35. The highest BCUT2D eigenvalue weighted by Crippen LogP contribution is 2.45. The number of hydrogen-bond acceptors (Lipinski definition) is 4. The molecule has 0 N–H and O–H groups in total. The molecule has 6 rings (SSSR count). The third kappa shape index (κ3) is 5.72. The van der Waals surface area contributed by atoms with Crippen LogP contribution >= 0.6 is 0 Å². The topological polar surface area (TPSA) is 52.6 Å². The average molecular weight is 561 g/mol. The van der Waals surface area contributed by atoms with Crippen LogP contribution < -0.4 is 9.47 Å². The Morgan fingerprint density at radius 3 is 0.953 bits per heavy atom. The molecule has 0 unspecified atom stereocenters. The minimum absolute atomic E-state index is 0.411. The van der Waals surface area contributed by atoms with Gasteiger partial charge in [0.25, 0.3) is 0 Å². The molecular weight excluding hydrogens is 532 g/mol. The lowest BCUT2D eigenvalue weighted by Crippen LogP contribution is -2.31. The lowest BCUT2D eigenvalue weighted by Gasteiger charge is -2.37. The molecule has 0 spiro atoms. The number of hydrogen-bond donors (Lipinski definition) is 0. The van der Waals surface area contributed by atoms with Gasteiger partial charge in [-0.2, -0.15) is 0 Å². The van der Waals surface area contributed by atoms with Crippen LogP contribution in [0, 0.1) is 0 Å². The molecule has 0 heterocycles. The zero-order chi connectivity index (χ0) is 29.5. The fourth-order valence-electron chi connectivity index (χ4n) is 5.40. The van der Waals surface area contributed by atoms with E-state index in [-0.39, 0.29) is 0 Å². The Labute approximate surface area is 250 Å². The Morgan fingerprint density at radius 1 is 0.349 bits per heavy atom. The molecule has 6 aromatic rings. The molecule has 0 saturated heterocycles. The minimum Gasteiger partial charge on any atom is -0.423 e. The molecule has 208 valence electrons. The van der Waals surface area contributed by atoms with E-state index in [9.17, 15) is 9.59 Å². The number of carbonyl (C=O) groups is 2. The van der Waals surface area contributed by atoms with Crippen molar-refractivity contribution in [2.75, 3.05) is 0 Å². The van der Waals surface area contributed by atoms with Crippen LogP contribution in [0.3, 0.4) is 0 Å². The summed E-state index contributed by atoms with van der Waals surface area (Å²) in [7, 11) is 0. The highest BCUT2D eigenvalue weighted by molar-refractivity contribution is 5.91. The standard InChI is InChI=1S/C39H28O4/c40-37(29-13-5-1-6-14-29)42-35-25-21-33(22-26-35)39(31-17-9-3-10-18-31,32-19-11-4-12-20-32)34-23-27-36(28-24-34)43-38(41)30-15-7-2-8-16-30/h1-28H. The van der Waals surface area contributed by atoms with Crippen molar-refractivity contribution in [1.82, 2.24) is 0 Å². The van der Waals surface area contributed by atoms with E-state index in [0.717, 1.165) is 22.3 Å². The quantitative estimate of drug-likeness (QED) is 0.106. The monoisotopic (exact) mass is 560 g/mol. The Balaban J connectivity index is 1.41. The smallest absolute Gasteiger partial charge is 0.343 e. The Hall–Kier alpha value is -5.74. The second-order valence-electron chi connectivity index (χ2n) is 10.0. The maximum atomic E-state index is 12.7. The van der Waals surface area contributed by atoms with Gasteiger partial charge < -0.3 is 9.47 Å². The molecule has 6 aromatic carbocycles. The summed E-state index contributed by atoms with van der Waals surface area (Å²) in [6.45, 7) is 0. The van der Waals surface area contributed by atoms with E-state index in [1.807, 2.05) is 121 Å². The molecule has 0 atom stereocenters. The Kier molecular flexibility index (Phi) is 7.92.